The van der Waals surface area contributed by atoms with E-state index in [0.717, 1.165) is 43.9 Å². The molecule has 3 N–H and O–H groups in total. The highest BCUT2D eigenvalue weighted by atomic mass is 19.1. The second kappa shape index (κ2) is 9.51. The fraction of sp³-hybridized carbons (Fsp3) is 0.450. The van der Waals surface area contributed by atoms with Crippen molar-refractivity contribution in [2.75, 3.05) is 22.1 Å². The Morgan fingerprint density at radius 3 is 2.75 bits per heavy atom. The lowest BCUT2D eigenvalue weighted by Crippen LogP contribution is -2.40. The fourth-order valence-corrected chi connectivity index (χ4v) is 3.60. The molecule has 0 spiro atoms. The van der Waals surface area contributed by atoms with Gasteiger partial charge in [-0.3, -0.25) is 5.10 Å². The summed E-state index contributed by atoms with van der Waals surface area (Å²) in [4.78, 5) is 23.8. The quantitative estimate of drug-likeness (QED) is 0.504. The molecule has 4 heterocycles. The maximum Gasteiger partial charge on any atom is 0.235 e. The number of hydrogen-bond donors (Lipinski definition) is 3. The van der Waals surface area contributed by atoms with E-state index >= 15 is 0 Å². The van der Waals surface area contributed by atoms with Gasteiger partial charge in [0.1, 0.15) is 5.82 Å². The van der Waals surface area contributed by atoms with Crippen LogP contribution in [0, 0.1) is 24.1 Å². The summed E-state index contributed by atoms with van der Waals surface area (Å²) in [7, 11) is 0. The molecular formula is C20H24FN11. The fourth-order valence-electron chi connectivity index (χ4n) is 3.60. The van der Waals surface area contributed by atoms with Crippen molar-refractivity contribution in [3.8, 4) is 6.07 Å². The number of aromatic amines is 1. The second-order valence-electron chi connectivity index (χ2n) is 7.67. The minimum atomic E-state index is -0.502. The van der Waals surface area contributed by atoms with Crippen molar-refractivity contribution >= 4 is 23.7 Å². The summed E-state index contributed by atoms with van der Waals surface area (Å²) < 4.78 is 13.2. The van der Waals surface area contributed by atoms with Gasteiger partial charge in [0.05, 0.1) is 30.9 Å². The molecule has 1 unspecified atom stereocenters. The van der Waals surface area contributed by atoms with Gasteiger partial charge in [0.2, 0.25) is 17.8 Å². The number of hydrogen-bond acceptors (Lipinski definition) is 10. The number of nitriles is 1. The van der Waals surface area contributed by atoms with E-state index in [4.69, 9.17) is 0 Å². The zero-order chi connectivity index (χ0) is 22.5. The molecule has 1 aliphatic heterocycles. The highest BCUT2D eigenvalue weighted by Crippen LogP contribution is 2.26. The summed E-state index contributed by atoms with van der Waals surface area (Å²) in [6, 6.07) is 3.77. The third-order valence-corrected chi connectivity index (χ3v) is 5.15. The zero-order valence-electron chi connectivity index (χ0n) is 17.9. The first kappa shape index (κ1) is 21.4. The molecule has 4 rings (SSSR count). The molecule has 11 nitrogen and oxygen atoms in total. The lowest BCUT2D eigenvalue weighted by molar-refractivity contribution is 0.457. The summed E-state index contributed by atoms with van der Waals surface area (Å²) >= 11 is 0. The number of aryl methyl sites for hydroxylation is 1. The van der Waals surface area contributed by atoms with Crippen LogP contribution in [0.3, 0.4) is 0 Å². The predicted octanol–water partition coefficient (Wildman–Crippen LogP) is 3.02. The lowest BCUT2D eigenvalue weighted by Gasteiger charge is -2.34. The Labute approximate surface area is 184 Å². The molecule has 3 aromatic heterocycles. The Bertz CT molecular complexity index is 1090. The van der Waals surface area contributed by atoms with Crippen LogP contribution < -0.4 is 15.5 Å². The van der Waals surface area contributed by atoms with Gasteiger partial charge in [-0.2, -0.15) is 25.3 Å². The molecule has 2 atom stereocenters. The first-order valence-electron chi connectivity index (χ1n) is 10.4. The largest absolute Gasteiger partial charge is 0.344 e. The minimum Gasteiger partial charge on any atom is -0.344 e. The van der Waals surface area contributed by atoms with Gasteiger partial charge in [-0.1, -0.05) is 0 Å². The van der Waals surface area contributed by atoms with E-state index in [0.29, 0.717) is 35.9 Å². The molecule has 0 saturated carbocycles. The predicted molar refractivity (Wildman–Crippen MR) is 116 cm³/mol. The molecule has 3 aromatic rings. The monoisotopic (exact) mass is 437 g/mol. The normalized spacial score (nSPS) is 16.9. The van der Waals surface area contributed by atoms with Crippen LogP contribution in [0.4, 0.5) is 28.1 Å². The van der Waals surface area contributed by atoms with Gasteiger partial charge in [-0.25, -0.2) is 14.4 Å². The van der Waals surface area contributed by atoms with Crippen LogP contribution in [-0.4, -0.2) is 47.7 Å². The molecule has 1 fully saturated rings. The number of halogens is 1. The van der Waals surface area contributed by atoms with E-state index in [9.17, 15) is 9.65 Å². The topological polar surface area (TPSA) is 144 Å². The number of piperidine rings is 1. The van der Waals surface area contributed by atoms with Crippen LogP contribution in [0.15, 0.2) is 18.5 Å². The van der Waals surface area contributed by atoms with E-state index in [2.05, 4.69) is 56.7 Å². The van der Waals surface area contributed by atoms with Gasteiger partial charge in [0.25, 0.3) is 0 Å². The standard InChI is InChI=1S/C20H24FN11/c1-12-9-16(31-30-12)26-19-27-18(25-13(2)17-23-10-14(21)11-24-17)28-20(29-19)32-8-4-3-5-15(32)6-7-22/h9-11,13,15H,3-6,8H2,1-2H3,(H3,25,26,27,28,29,30,31)/t13-,15?/m0/s1. The van der Waals surface area contributed by atoms with E-state index in [1.165, 1.54) is 0 Å². The van der Waals surface area contributed by atoms with Crippen LogP contribution in [0.25, 0.3) is 0 Å². The van der Waals surface area contributed by atoms with Gasteiger partial charge < -0.3 is 15.5 Å². The summed E-state index contributed by atoms with van der Waals surface area (Å²) in [5.74, 6) is 1.59. The van der Waals surface area contributed by atoms with Crippen LogP contribution in [-0.2, 0) is 0 Å². The Morgan fingerprint density at radius 2 is 2.03 bits per heavy atom. The van der Waals surface area contributed by atoms with Gasteiger partial charge in [-0.15, -0.1) is 0 Å². The van der Waals surface area contributed by atoms with Gasteiger partial charge in [-0.05, 0) is 33.1 Å². The zero-order valence-corrected chi connectivity index (χ0v) is 17.9. The molecule has 0 aliphatic carbocycles. The van der Waals surface area contributed by atoms with E-state index < -0.39 is 5.82 Å². The molecular weight excluding hydrogens is 413 g/mol. The molecule has 0 amide bonds. The van der Waals surface area contributed by atoms with Crippen molar-refractivity contribution in [3.63, 3.8) is 0 Å². The van der Waals surface area contributed by atoms with Crippen LogP contribution in [0.2, 0.25) is 0 Å². The van der Waals surface area contributed by atoms with E-state index in [1.54, 1.807) is 0 Å². The average Bonchev–Trinajstić information content (AvgIpc) is 3.19. The third-order valence-electron chi connectivity index (χ3n) is 5.15. The van der Waals surface area contributed by atoms with Crippen LogP contribution in [0.1, 0.15) is 50.2 Å². The van der Waals surface area contributed by atoms with Crippen molar-refractivity contribution in [3.05, 3.63) is 35.8 Å². The molecule has 32 heavy (non-hydrogen) atoms. The Hall–Kier alpha value is -3.88. The number of aromatic nitrogens is 7. The maximum absolute atomic E-state index is 13.2. The SMILES string of the molecule is Cc1cc(Nc2nc(N[C@@H](C)c3ncc(F)cn3)nc(N3CCCCC3CC#N)n2)n[nH]1. The number of nitrogens with one attached hydrogen (secondary N) is 3. The first-order valence-corrected chi connectivity index (χ1v) is 10.4. The van der Waals surface area contributed by atoms with Crippen LogP contribution in [0.5, 0.6) is 0 Å². The first-order chi connectivity index (χ1) is 15.5. The molecule has 166 valence electrons. The highest BCUT2D eigenvalue weighted by Gasteiger charge is 2.26. The number of anilines is 4. The average molecular weight is 437 g/mol. The molecule has 0 aromatic carbocycles. The van der Waals surface area contributed by atoms with Crippen molar-refractivity contribution in [1.82, 2.24) is 35.1 Å². The summed E-state index contributed by atoms with van der Waals surface area (Å²) in [5.41, 5.74) is 0.896. The number of H-pyrrole nitrogens is 1. The summed E-state index contributed by atoms with van der Waals surface area (Å²) in [6.07, 6.45) is 5.60. The smallest absolute Gasteiger partial charge is 0.235 e. The Morgan fingerprint density at radius 1 is 1.25 bits per heavy atom. The molecule has 1 saturated heterocycles. The molecule has 1 aliphatic rings. The third kappa shape index (κ3) is 5.05. The van der Waals surface area contributed by atoms with E-state index in [-0.39, 0.29) is 12.1 Å². The second-order valence-corrected chi connectivity index (χ2v) is 7.67. The van der Waals surface area contributed by atoms with Gasteiger partial charge in [0, 0.05) is 24.3 Å². The molecule has 0 radical (unpaired) electrons. The van der Waals surface area contributed by atoms with Gasteiger partial charge >= 0.3 is 0 Å². The highest BCUT2D eigenvalue weighted by molar-refractivity contribution is 5.53. The summed E-state index contributed by atoms with van der Waals surface area (Å²) in [6.45, 7) is 4.49. The molecule has 12 heteroatoms. The number of nitrogens with zero attached hydrogens (tertiary/aromatic N) is 8. The number of rotatable bonds is 7. The molecule has 0 bridgehead atoms. The summed E-state index contributed by atoms with van der Waals surface area (Å²) in [5, 5.41) is 22.6. The minimum absolute atomic E-state index is 0.0438. The van der Waals surface area contributed by atoms with Gasteiger partial charge in [0.15, 0.2) is 11.6 Å². The van der Waals surface area contributed by atoms with Crippen molar-refractivity contribution in [2.24, 2.45) is 0 Å². The van der Waals surface area contributed by atoms with Crippen LogP contribution >= 0.6 is 0 Å². The Kier molecular flexibility index (Phi) is 6.34. The van der Waals surface area contributed by atoms with E-state index in [1.807, 2.05) is 19.9 Å². The van der Waals surface area contributed by atoms with Crippen molar-refractivity contribution in [2.45, 2.75) is 51.6 Å². The van der Waals surface area contributed by atoms with Crippen molar-refractivity contribution < 1.29 is 4.39 Å². The lowest BCUT2D eigenvalue weighted by atomic mass is 10.0. The maximum atomic E-state index is 13.2. The van der Waals surface area contributed by atoms with Crippen molar-refractivity contribution in [1.29, 1.82) is 5.26 Å². The Balaban J connectivity index is 1.64.